The molecule has 0 N–H and O–H groups in total. The minimum Gasteiger partial charge on any atom is -0.463 e. The summed E-state index contributed by atoms with van der Waals surface area (Å²) in [5.74, 6) is -0.792. The quantitative estimate of drug-likeness (QED) is 0.152. The van der Waals surface area contributed by atoms with Crippen LogP contribution >= 0.6 is 0 Å². The number of carbonyl (C=O) groups excluding carboxylic acids is 1. The van der Waals surface area contributed by atoms with Crippen molar-refractivity contribution in [2.24, 2.45) is 0 Å². The van der Waals surface area contributed by atoms with Gasteiger partial charge >= 0.3 is 5.97 Å². The smallest absolute Gasteiger partial charge is 0.334 e. The van der Waals surface area contributed by atoms with Crippen molar-refractivity contribution in [3.8, 4) is 0 Å². The second-order valence-electron chi connectivity index (χ2n) is 8.51. The van der Waals surface area contributed by atoms with Crippen LogP contribution in [0.5, 0.6) is 0 Å². The van der Waals surface area contributed by atoms with Crippen LogP contribution in [0, 0.1) is 6.92 Å². The molecule has 0 aliphatic carbocycles. The SMILES string of the molecule is C=CC/C(=C/C(c1ccccc1)c1cn(S(=O)(=O)c2ccc(C)cc2)c2ccccc12)C(=O)OCC. The summed E-state index contributed by atoms with van der Waals surface area (Å²) < 4.78 is 34.0. The predicted octanol–water partition coefficient (Wildman–Crippen LogP) is 6.38. The van der Waals surface area contributed by atoms with Gasteiger partial charge in [-0.25, -0.2) is 17.2 Å². The Kier molecular flexibility index (Phi) is 7.55. The van der Waals surface area contributed by atoms with Gasteiger partial charge in [0.05, 0.1) is 17.0 Å². The summed E-state index contributed by atoms with van der Waals surface area (Å²) in [6.45, 7) is 7.73. The maximum Gasteiger partial charge on any atom is 0.334 e. The first-order chi connectivity index (χ1) is 17.4. The number of benzene rings is 3. The van der Waals surface area contributed by atoms with E-state index in [-0.39, 0.29) is 17.4 Å². The molecule has 4 rings (SSSR count). The van der Waals surface area contributed by atoms with Crippen LogP contribution in [0.3, 0.4) is 0 Å². The van der Waals surface area contributed by atoms with Crippen LogP contribution in [0.25, 0.3) is 10.9 Å². The van der Waals surface area contributed by atoms with Gasteiger partial charge in [0.1, 0.15) is 0 Å². The number of carbonyl (C=O) groups is 1. The third-order valence-electron chi connectivity index (χ3n) is 6.05. The first-order valence-corrected chi connectivity index (χ1v) is 13.3. The van der Waals surface area contributed by atoms with Gasteiger partial charge in [0.25, 0.3) is 10.0 Å². The molecule has 0 radical (unpaired) electrons. The van der Waals surface area contributed by atoms with Crippen molar-refractivity contribution in [3.05, 3.63) is 126 Å². The van der Waals surface area contributed by atoms with Gasteiger partial charge in [-0.2, -0.15) is 0 Å². The van der Waals surface area contributed by atoms with E-state index in [4.69, 9.17) is 4.74 Å². The molecule has 0 spiro atoms. The van der Waals surface area contributed by atoms with Crippen LogP contribution in [0.4, 0.5) is 0 Å². The maximum absolute atomic E-state index is 13.7. The molecule has 1 unspecified atom stereocenters. The molecule has 1 heterocycles. The van der Waals surface area contributed by atoms with Crippen molar-refractivity contribution in [1.29, 1.82) is 0 Å². The Balaban J connectivity index is 1.96. The van der Waals surface area contributed by atoms with Gasteiger partial charge in [-0.3, -0.25) is 0 Å². The van der Waals surface area contributed by atoms with Crippen molar-refractivity contribution >= 4 is 26.9 Å². The first-order valence-electron chi connectivity index (χ1n) is 11.8. The summed E-state index contributed by atoms with van der Waals surface area (Å²) in [5.41, 5.74) is 3.73. The molecule has 0 aliphatic heterocycles. The molecular formula is C30H29NO4S. The van der Waals surface area contributed by atoms with Crippen LogP contribution in [-0.4, -0.2) is 25.0 Å². The lowest BCUT2D eigenvalue weighted by Crippen LogP contribution is -2.12. The summed E-state index contributed by atoms with van der Waals surface area (Å²) in [4.78, 5) is 12.9. The van der Waals surface area contributed by atoms with Crippen molar-refractivity contribution in [2.75, 3.05) is 6.61 Å². The number of hydrogen-bond acceptors (Lipinski definition) is 4. The fourth-order valence-corrected chi connectivity index (χ4v) is 5.65. The highest BCUT2D eigenvalue weighted by Gasteiger charge is 2.25. The molecule has 6 heteroatoms. The number of para-hydroxylation sites is 1. The molecule has 0 saturated heterocycles. The minimum atomic E-state index is -3.85. The molecule has 0 saturated carbocycles. The molecule has 184 valence electrons. The summed E-state index contributed by atoms with van der Waals surface area (Å²) in [5, 5.41) is 0.792. The largest absolute Gasteiger partial charge is 0.463 e. The van der Waals surface area contributed by atoms with Gasteiger partial charge in [-0.1, -0.05) is 78.4 Å². The Morgan fingerprint density at radius 3 is 2.33 bits per heavy atom. The molecule has 0 aliphatic rings. The fourth-order valence-electron chi connectivity index (χ4n) is 4.27. The number of ether oxygens (including phenoxy) is 1. The molecule has 5 nitrogen and oxygen atoms in total. The molecule has 3 aromatic carbocycles. The third-order valence-corrected chi connectivity index (χ3v) is 7.74. The Labute approximate surface area is 212 Å². The number of rotatable bonds is 9. The van der Waals surface area contributed by atoms with E-state index in [1.807, 2.05) is 61.5 Å². The van der Waals surface area contributed by atoms with Gasteiger partial charge in [0, 0.05) is 23.1 Å². The van der Waals surface area contributed by atoms with Crippen LogP contribution in [-0.2, 0) is 19.6 Å². The number of aromatic nitrogens is 1. The Hall–Kier alpha value is -3.90. The second kappa shape index (κ2) is 10.8. The molecular weight excluding hydrogens is 470 g/mol. The normalized spacial score (nSPS) is 12.9. The zero-order valence-corrected chi connectivity index (χ0v) is 21.2. The van der Waals surface area contributed by atoms with Gasteiger partial charge in [-0.05, 0) is 49.6 Å². The Bertz CT molecular complexity index is 1510. The Morgan fingerprint density at radius 2 is 1.67 bits per heavy atom. The molecule has 0 amide bonds. The Morgan fingerprint density at radius 1 is 1.00 bits per heavy atom. The van der Waals surface area contributed by atoms with Crippen molar-refractivity contribution in [3.63, 3.8) is 0 Å². The molecule has 36 heavy (non-hydrogen) atoms. The number of aryl methyl sites for hydroxylation is 1. The van der Waals surface area contributed by atoms with Crippen LogP contribution in [0.15, 0.2) is 114 Å². The number of nitrogens with zero attached hydrogens (tertiary/aromatic N) is 1. The lowest BCUT2D eigenvalue weighted by atomic mass is 9.88. The highest BCUT2D eigenvalue weighted by atomic mass is 32.2. The zero-order valence-electron chi connectivity index (χ0n) is 20.4. The van der Waals surface area contributed by atoms with Gasteiger partial charge in [-0.15, -0.1) is 6.58 Å². The van der Waals surface area contributed by atoms with E-state index in [9.17, 15) is 13.2 Å². The van der Waals surface area contributed by atoms with Crippen molar-refractivity contribution in [2.45, 2.75) is 31.1 Å². The average Bonchev–Trinajstić information content (AvgIpc) is 3.28. The van der Waals surface area contributed by atoms with E-state index in [0.29, 0.717) is 17.5 Å². The van der Waals surface area contributed by atoms with E-state index < -0.39 is 16.0 Å². The van der Waals surface area contributed by atoms with Gasteiger partial charge in [0.2, 0.25) is 0 Å². The van der Waals surface area contributed by atoms with E-state index in [0.717, 1.165) is 22.1 Å². The highest BCUT2D eigenvalue weighted by Crippen LogP contribution is 2.36. The number of esters is 1. The number of fused-ring (bicyclic) bond motifs is 1. The summed E-state index contributed by atoms with van der Waals surface area (Å²) in [6.07, 6.45) is 5.53. The van der Waals surface area contributed by atoms with Crippen LogP contribution < -0.4 is 0 Å². The lowest BCUT2D eigenvalue weighted by molar-refractivity contribution is -0.138. The monoisotopic (exact) mass is 499 g/mol. The van der Waals surface area contributed by atoms with Crippen LogP contribution in [0.2, 0.25) is 0 Å². The summed E-state index contributed by atoms with van der Waals surface area (Å²) >= 11 is 0. The second-order valence-corrected chi connectivity index (χ2v) is 10.3. The predicted molar refractivity (Wildman–Crippen MR) is 144 cm³/mol. The molecule has 1 atom stereocenters. The number of hydrogen-bond donors (Lipinski definition) is 0. The highest BCUT2D eigenvalue weighted by molar-refractivity contribution is 7.90. The maximum atomic E-state index is 13.7. The van der Waals surface area contributed by atoms with Gasteiger partial charge < -0.3 is 4.74 Å². The zero-order chi connectivity index (χ0) is 25.7. The standard InChI is InChI=1S/C30H29NO4S/c1-4-11-24(30(32)35-5-2)20-27(23-12-7-6-8-13-23)28-21-31(29-15-10-9-14-26(28)29)36(33,34)25-18-16-22(3)17-19-25/h4,6-10,12-21,27H,1,5,11H2,2-3H3/b24-20-. The third kappa shape index (κ3) is 5.04. The first kappa shape index (κ1) is 25.2. The van der Waals surface area contributed by atoms with E-state index in [1.54, 1.807) is 49.5 Å². The molecule has 1 aromatic heterocycles. The average molecular weight is 500 g/mol. The van der Waals surface area contributed by atoms with Crippen molar-refractivity contribution < 1.29 is 17.9 Å². The summed E-state index contributed by atoms with van der Waals surface area (Å²) in [7, 11) is -3.85. The fraction of sp³-hybridized carbons (Fsp3) is 0.167. The molecule has 0 bridgehead atoms. The van der Waals surface area contributed by atoms with E-state index >= 15 is 0 Å². The summed E-state index contributed by atoms with van der Waals surface area (Å²) in [6, 6.07) is 23.9. The molecule has 0 fully saturated rings. The van der Waals surface area contributed by atoms with Crippen LogP contribution in [0.1, 0.15) is 36.0 Å². The van der Waals surface area contributed by atoms with Crippen molar-refractivity contribution in [1.82, 2.24) is 3.97 Å². The minimum absolute atomic E-state index is 0.214. The van der Waals surface area contributed by atoms with E-state index in [2.05, 4.69) is 6.58 Å². The van der Waals surface area contributed by atoms with Gasteiger partial charge in [0.15, 0.2) is 0 Å². The number of allylic oxidation sites excluding steroid dienone is 2. The lowest BCUT2D eigenvalue weighted by Gasteiger charge is -2.15. The van der Waals surface area contributed by atoms with E-state index in [1.165, 1.54) is 3.97 Å². The molecule has 4 aromatic rings. The topological polar surface area (TPSA) is 65.4 Å².